The maximum Gasteiger partial charge on any atom is 0.0558 e. The van der Waals surface area contributed by atoms with Crippen LogP contribution in [0.5, 0.6) is 0 Å². The van der Waals surface area contributed by atoms with Crippen LogP contribution in [0.4, 0.5) is 0 Å². The van der Waals surface area contributed by atoms with Crippen LogP contribution in [0.25, 0.3) is 0 Å². The normalized spacial score (nSPS) is 30.7. The van der Waals surface area contributed by atoms with Crippen LogP contribution in [-0.2, 0) is 0 Å². The predicted molar refractivity (Wildman–Crippen MR) is 67.9 cm³/mol. The molecule has 2 atom stereocenters. The average molecular weight is 242 g/mol. The van der Waals surface area contributed by atoms with Gasteiger partial charge in [-0.2, -0.15) is 0 Å². The monoisotopic (exact) mass is 242 g/mol. The molecule has 0 aromatic rings. The SMILES string of the molecule is OCCNC1CC(CC2CC2)CN(CCO)C1. The van der Waals surface area contributed by atoms with Crippen molar-refractivity contribution in [2.75, 3.05) is 39.4 Å². The molecule has 1 saturated carbocycles. The van der Waals surface area contributed by atoms with Gasteiger partial charge in [0.2, 0.25) is 0 Å². The Morgan fingerprint density at radius 1 is 1.06 bits per heavy atom. The highest BCUT2D eigenvalue weighted by Crippen LogP contribution is 2.37. The van der Waals surface area contributed by atoms with Crippen molar-refractivity contribution < 1.29 is 10.2 Å². The van der Waals surface area contributed by atoms with Crippen LogP contribution in [0.15, 0.2) is 0 Å². The van der Waals surface area contributed by atoms with Gasteiger partial charge < -0.3 is 15.5 Å². The fourth-order valence-electron chi connectivity index (χ4n) is 3.04. The number of nitrogens with zero attached hydrogens (tertiary/aromatic N) is 1. The molecule has 2 rings (SSSR count). The van der Waals surface area contributed by atoms with Gasteiger partial charge in [-0.25, -0.2) is 0 Å². The van der Waals surface area contributed by atoms with E-state index in [9.17, 15) is 0 Å². The van der Waals surface area contributed by atoms with Gasteiger partial charge in [-0.15, -0.1) is 0 Å². The Bertz CT molecular complexity index is 221. The Kier molecular flexibility index (Phi) is 5.22. The van der Waals surface area contributed by atoms with E-state index in [1.54, 1.807) is 0 Å². The molecule has 0 radical (unpaired) electrons. The summed E-state index contributed by atoms with van der Waals surface area (Å²) in [5.74, 6) is 1.76. The standard InChI is InChI=1S/C13H26N2O2/c16-5-3-14-13-8-12(7-11-1-2-11)9-15(10-13)4-6-17/h11-14,16-17H,1-10H2. The molecule has 0 aromatic carbocycles. The lowest BCUT2D eigenvalue weighted by molar-refractivity contribution is 0.108. The largest absolute Gasteiger partial charge is 0.395 e. The zero-order valence-corrected chi connectivity index (χ0v) is 10.6. The number of rotatable bonds is 7. The van der Waals surface area contributed by atoms with E-state index in [1.807, 2.05) is 0 Å². The maximum absolute atomic E-state index is 9.06. The van der Waals surface area contributed by atoms with Gasteiger partial charge in [0.25, 0.3) is 0 Å². The number of piperidine rings is 1. The summed E-state index contributed by atoms with van der Waals surface area (Å²) in [6, 6.07) is 0.492. The van der Waals surface area contributed by atoms with Gasteiger partial charge in [-0.1, -0.05) is 12.8 Å². The second-order valence-corrected chi connectivity index (χ2v) is 5.64. The van der Waals surface area contributed by atoms with Gasteiger partial charge in [-0.3, -0.25) is 4.90 Å². The first-order valence-electron chi connectivity index (χ1n) is 6.99. The summed E-state index contributed by atoms with van der Waals surface area (Å²) in [7, 11) is 0. The summed E-state index contributed by atoms with van der Waals surface area (Å²) >= 11 is 0. The highest BCUT2D eigenvalue weighted by molar-refractivity contribution is 4.87. The topological polar surface area (TPSA) is 55.7 Å². The van der Waals surface area contributed by atoms with Crippen molar-refractivity contribution in [3.63, 3.8) is 0 Å². The van der Waals surface area contributed by atoms with Crippen molar-refractivity contribution in [2.24, 2.45) is 11.8 Å². The number of β-amino-alcohol motifs (C(OH)–C–C–N with tert-alkyl or cyclic N) is 1. The van der Waals surface area contributed by atoms with Crippen LogP contribution in [0.2, 0.25) is 0 Å². The molecule has 4 heteroatoms. The van der Waals surface area contributed by atoms with Crippen LogP contribution >= 0.6 is 0 Å². The Balaban J connectivity index is 1.79. The molecule has 1 aliphatic carbocycles. The number of nitrogens with one attached hydrogen (secondary N) is 1. The highest BCUT2D eigenvalue weighted by atomic mass is 16.3. The van der Waals surface area contributed by atoms with E-state index < -0.39 is 0 Å². The number of hydrogen-bond acceptors (Lipinski definition) is 4. The van der Waals surface area contributed by atoms with Crippen molar-refractivity contribution in [3.05, 3.63) is 0 Å². The van der Waals surface area contributed by atoms with Gasteiger partial charge in [0, 0.05) is 32.2 Å². The average Bonchev–Trinajstić information content (AvgIpc) is 3.10. The summed E-state index contributed by atoms with van der Waals surface area (Å²) in [6.07, 6.45) is 5.44. The Morgan fingerprint density at radius 2 is 1.88 bits per heavy atom. The summed E-state index contributed by atoms with van der Waals surface area (Å²) in [4.78, 5) is 2.37. The van der Waals surface area contributed by atoms with E-state index >= 15 is 0 Å². The second-order valence-electron chi connectivity index (χ2n) is 5.64. The van der Waals surface area contributed by atoms with Gasteiger partial charge in [0.15, 0.2) is 0 Å². The number of hydrogen-bond donors (Lipinski definition) is 3. The van der Waals surface area contributed by atoms with E-state index in [-0.39, 0.29) is 13.2 Å². The minimum atomic E-state index is 0.212. The molecule has 100 valence electrons. The van der Waals surface area contributed by atoms with Crippen molar-refractivity contribution in [2.45, 2.75) is 31.7 Å². The van der Waals surface area contributed by atoms with E-state index in [0.29, 0.717) is 12.6 Å². The quantitative estimate of drug-likeness (QED) is 0.590. The van der Waals surface area contributed by atoms with Crippen molar-refractivity contribution >= 4 is 0 Å². The van der Waals surface area contributed by atoms with Gasteiger partial charge in [-0.05, 0) is 24.7 Å². The molecule has 0 bridgehead atoms. The summed E-state index contributed by atoms with van der Waals surface area (Å²) in [6.45, 7) is 4.11. The molecule has 2 unspecified atom stereocenters. The van der Waals surface area contributed by atoms with Crippen molar-refractivity contribution in [1.29, 1.82) is 0 Å². The zero-order chi connectivity index (χ0) is 12.1. The maximum atomic E-state index is 9.06. The molecule has 1 heterocycles. The summed E-state index contributed by atoms with van der Waals surface area (Å²) < 4.78 is 0. The van der Waals surface area contributed by atoms with E-state index in [4.69, 9.17) is 10.2 Å². The lowest BCUT2D eigenvalue weighted by Gasteiger charge is -2.38. The van der Waals surface area contributed by atoms with E-state index in [2.05, 4.69) is 10.2 Å². The zero-order valence-electron chi connectivity index (χ0n) is 10.6. The predicted octanol–water partition coefficient (Wildman–Crippen LogP) is 0.0512. The highest BCUT2D eigenvalue weighted by Gasteiger charge is 2.31. The van der Waals surface area contributed by atoms with Crippen LogP contribution < -0.4 is 5.32 Å². The molecular formula is C13H26N2O2. The van der Waals surface area contributed by atoms with E-state index in [0.717, 1.165) is 31.5 Å². The lowest BCUT2D eigenvalue weighted by atomic mass is 9.89. The van der Waals surface area contributed by atoms with Crippen molar-refractivity contribution in [1.82, 2.24) is 10.2 Å². The first-order chi connectivity index (χ1) is 8.31. The van der Waals surface area contributed by atoms with Crippen LogP contribution in [0.3, 0.4) is 0 Å². The molecule has 2 fully saturated rings. The summed E-state index contributed by atoms with van der Waals surface area (Å²) in [5, 5.41) is 21.3. The lowest BCUT2D eigenvalue weighted by Crippen LogP contribution is -2.50. The molecule has 3 N–H and O–H groups in total. The Labute approximate surface area is 104 Å². The third-order valence-electron chi connectivity index (χ3n) is 3.94. The van der Waals surface area contributed by atoms with Gasteiger partial charge in [0.1, 0.15) is 0 Å². The second kappa shape index (κ2) is 6.69. The minimum Gasteiger partial charge on any atom is -0.395 e. The molecule has 17 heavy (non-hydrogen) atoms. The molecule has 1 saturated heterocycles. The first kappa shape index (κ1) is 13.3. The molecule has 0 spiro atoms. The Hall–Kier alpha value is -0.160. The molecule has 1 aliphatic heterocycles. The fraction of sp³-hybridized carbons (Fsp3) is 1.00. The first-order valence-corrected chi connectivity index (χ1v) is 6.99. The molecule has 0 aromatic heterocycles. The van der Waals surface area contributed by atoms with Crippen molar-refractivity contribution in [3.8, 4) is 0 Å². The molecule has 2 aliphatic rings. The molecular weight excluding hydrogens is 216 g/mol. The smallest absolute Gasteiger partial charge is 0.0558 e. The third-order valence-corrected chi connectivity index (χ3v) is 3.94. The van der Waals surface area contributed by atoms with Gasteiger partial charge in [0.05, 0.1) is 13.2 Å². The molecule has 4 nitrogen and oxygen atoms in total. The Morgan fingerprint density at radius 3 is 2.53 bits per heavy atom. The minimum absolute atomic E-state index is 0.212. The van der Waals surface area contributed by atoms with Crippen LogP contribution in [0.1, 0.15) is 25.7 Å². The van der Waals surface area contributed by atoms with Gasteiger partial charge >= 0.3 is 0 Å². The van der Waals surface area contributed by atoms with Crippen LogP contribution in [-0.4, -0.2) is 60.5 Å². The summed E-state index contributed by atoms with van der Waals surface area (Å²) in [5.41, 5.74) is 0. The third kappa shape index (κ3) is 4.54. The van der Waals surface area contributed by atoms with E-state index in [1.165, 1.54) is 25.7 Å². The number of likely N-dealkylation sites (tertiary alicyclic amines) is 1. The number of aliphatic hydroxyl groups is 2. The van der Waals surface area contributed by atoms with Crippen LogP contribution in [0, 0.1) is 11.8 Å². The number of aliphatic hydroxyl groups excluding tert-OH is 2. The fourth-order valence-corrected chi connectivity index (χ4v) is 3.04. The molecule has 0 amide bonds.